The second kappa shape index (κ2) is 5.54. The van der Waals surface area contributed by atoms with E-state index in [-0.39, 0.29) is 5.91 Å². The van der Waals surface area contributed by atoms with Crippen molar-refractivity contribution in [3.63, 3.8) is 0 Å². The van der Waals surface area contributed by atoms with Gasteiger partial charge in [0.25, 0.3) is 5.91 Å². The van der Waals surface area contributed by atoms with E-state index in [9.17, 15) is 9.90 Å². The zero-order chi connectivity index (χ0) is 14.8. The van der Waals surface area contributed by atoms with E-state index < -0.39 is 5.60 Å². The summed E-state index contributed by atoms with van der Waals surface area (Å²) in [6.45, 7) is 6.11. The summed E-state index contributed by atoms with van der Waals surface area (Å²) in [7, 11) is 0. The topological polar surface area (TPSA) is 66.3 Å². The average molecular weight is 273 g/mol. The number of amides is 1. The molecule has 0 spiro atoms. The lowest BCUT2D eigenvalue weighted by Crippen LogP contribution is -2.42. The molecular formula is C15H19N3O2. The number of hydrogen-bond donors (Lipinski definition) is 1. The van der Waals surface area contributed by atoms with E-state index in [1.807, 2.05) is 6.92 Å². The molecule has 1 aromatic carbocycles. The molecule has 1 N–H and O–H groups in total. The van der Waals surface area contributed by atoms with Gasteiger partial charge in [0.2, 0.25) is 0 Å². The molecule has 1 amide bonds. The van der Waals surface area contributed by atoms with Crippen molar-refractivity contribution >= 4 is 16.9 Å². The lowest BCUT2D eigenvalue weighted by molar-refractivity contribution is 0.0315. The van der Waals surface area contributed by atoms with Crippen molar-refractivity contribution in [1.29, 1.82) is 0 Å². The Morgan fingerprint density at radius 3 is 2.50 bits per heavy atom. The van der Waals surface area contributed by atoms with Gasteiger partial charge in [-0.2, -0.15) is 0 Å². The number of carbonyl (C=O) groups is 1. The molecule has 20 heavy (non-hydrogen) atoms. The Morgan fingerprint density at radius 1 is 1.25 bits per heavy atom. The van der Waals surface area contributed by atoms with Gasteiger partial charge in [-0.25, -0.2) is 0 Å². The van der Waals surface area contributed by atoms with Crippen LogP contribution >= 0.6 is 0 Å². The second-order valence-electron chi connectivity index (χ2n) is 5.39. The molecule has 0 aliphatic carbocycles. The van der Waals surface area contributed by atoms with E-state index in [4.69, 9.17) is 0 Å². The van der Waals surface area contributed by atoms with E-state index >= 15 is 0 Å². The molecule has 0 saturated carbocycles. The van der Waals surface area contributed by atoms with Crippen molar-refractivity contribution in [1.82, 2.24) is 14.9 Å². The Bertz CT molecular complexity index is 620. The number of carbonyl (C=O) groups excluding carboxylic acids is 1. The van der Waals surface area contributed by atoms with Crippen LogP contribution in [0.2, 0.25) is 0 Å². The Morgan fingerprint density at radius 2 is 1.90 bits per heavy atom. The van der Waals surface area contributed by atoms with Crippen molar-refractivity contribution in [2.45, 2.75) is 26.4 Å². The Kier molecular flexibility index (Phi) is 3.99. The summed E-state index contributed by atoms with van der Waals surface area (Å²) in [6.07, 6.45) is 3.22. The molecule has 2 aromatic rings. The Balaban J connectivity index is 2.29. The fraction of sp³-hybridized carbons (Fsp3) is 0.400. The van der Waals surface area contributed by atoms with Gasteiger partial charge in [-0.3, -0.25) is 14.8 Å². The molecule has 106 valence electrons. The van der Waals surface area contributed by atoms with Crippen LogP contribution in [0.3, 0.4) is 0 Å². The monoisotopic (exact) mass is 273 g/mol. The summed E-state index contributed by atoms with van der Waals surface area (Å²) in [5.41, 5.74) is 1.10. The minimum Gasteiger partial charge on any atom is -0.389 e. The van der Waals surface area contributed by atoms with Crippen molar-refractivity contribution < 1.29 is 9.90 Å². The molecule has 0 bridgehead atoms. The number of nitrogens with zero attached hydrogens (tertiary/aromatic N) is 3. The molecule has 0 radical (unpaired) electrons. The predicted octanol–water partition coefficient (Wildman–Crippen LogP) is 1.86. The van der Waals surface area contributed by atoms with Crippen LogP contribution in [0.25, 0.3) is 11.0 Å². The second-order valence-corrected chi connectivity index (χ2v) is 5.39. The summed E-state index contributed by atoms with van der Waals surface area (Å²) in [4.78, 5) is 22.5. The van der Waals surface area contributed by atoms with Crippen LogP contribution in [0, 0.1) is 0 Å². The molecule has 0 atom stereocenters. The average Bonchev–Trinajstić information content (AvgIpc) is 2.42. The normalized spacial score (nSPS) is 11.6. The van der Waals surface area contributed by atoms with Crippen LogP contribution < -0.4 is 0 Å². The first-order valence-electron chi connectivity index (χ1n) is 6.63. The maximum atomic E-state index is 12.5. The zero-order valence-electron chi connectivity index (χ0n) is 12.0. The van der Waals surface area contributed by atoms with Crippen LogP contribution in [0.4, 0.5) is 0 Å². The molecule has 2 rings (SSSR count). The minimum atomic E-state index is -0.914. The summed E-state index contributed by atoms with van der Waals surface area (Å²) in [5, 5.41) is 9.87. The van der Waals surface area contributed by atoms with Crippen LogP contribution in [0.5, 0.6) is 0 Å². The van der Waals surface area contributed by atoms with Gasteiger partial charge in [-0.1, -0.05) is 0 Å². The highest BCUT2D eigenvalue weighted by molar-refractivity contribution is 5.97. The predicted molar refractivity (Wildman–Crippen MR) is 77.4 cm³/mol. The quantitative estimate of drug-likeness (QED) is 0.923. The van der Waals surface area contributed by atoms with E-state index in [2.05, 4.69) is 9.97 Å². The van der Waals surface area contributed by atoms with E-state index in [1.54, 1.807) is 49.3 Å². The molecule has 0 fully saturated rings. The molecule has 5 nitrogen and oxygen atoms in total. The fourth-order valence-corrected chi connectivity index (χ4v) is 2.07. The van der Waals surface area contributed by atoms with Crippen LogP contribution in [-0.4, -0.2) is 44.6 Å². The van der Waals surface area contributed by atoms with E-state index in [1.165, 1.54) is 0 Å². The Hall–Kier alpha value is -2.01. The SMILES string of the molecule is CCN(CC(C)(C)O)C(=O)c1ccc2nccnc2c1. The third kappa shape index (κ3) is 3.30. The highest BCUT2D eigenvalue weighted by Crippen LogP contribution is 2.14. The molecule has 0 saturated heterocycles. The Labute approximate surface area is 118 Å². The molecule has 0 aliphatic rings. The van der Waals surface area contributed by atoms with Gasteiger partial charge in [-0.15, -0.1) is 0 Å². The van der Waals surface area contributed by atoms with Crippen LogP contribution in [0.1, 0.15) is 31.1 Å². The molecule has 0 aliphatic heterocycles. The number of aliphatic hydroxyl groups is 1. The number of likely N-dealkylation sites (N-methyl/N-ethyl adjacent to an activating group) is 1. The van der Waals surface area contributed by atoms with Crippen LogP contribution in [0.15, 0.2) is 30.6 Å². The molecule has 1 aromatic heterocycles. The number of benzene rings is 1. The fourth-order valence-electron chi connectivity index (χ4n) is 2.07. The highest BCUT2D eigenvalue weighted by Gasteiger charge is 2.22. The van der Waals surface area contributed by atoms with Gasteiger partial charge < -0.3 is 10.0 Å². The minimum absolute atomic E-state index is 0.109. The van der Waals surface area contributed by atoms with Crippen molar-refractivity contribution in [3.8, 4) is 0 Å². The lowest BCUT2D eigenvalue weighted by Gasteiger charge is -2.28. The van der Waals surface area contributed by atoms with Crippen molar-refractivity contribution in [3.05, 3.63) is 36.2 Å². The third-order valence-corrected chi connectivity index (χ3v) is 2.96. The van der Waals surface area contributed by atoms with Gasteiger partial charge in [0.15, 0.2) is 0 Å². The zero-order valence-corrected chi connectivity index (χ0v) is 12.0. The van der Waals surface area contributed by atoms with Gasteiger partial charge in [0.1, 0.15) is 0 Å². The van der Waals surface area contributed by atoms with E-state index in [0.29, 0.717) is 24.2 Å². The number of hydrogen-bond acceptors (Lipinski definition) is 4. The first-order valence-corrected chi connectivity index (χ1v) is 6.63. The summed E-state index contributed by atoms with van der Waals surface area (Å²) >= 11 is 0. The molecule has 0 unspecified atom stereocenters. The highest BCUT2D eigenvalue weighted by atomic mass is 16.3. The third-order valence-electron chi connectivity index (χ3n) is 2.96. The van der Waals surface area contributed by atoms with Gasteiger partial charge in [0.05, 0.1) is 16.6 Å². The molecular weight excluding hydrogens is 254 g/mol. The van der Waals surface area contributed by atoms with Gasteiger partial charge in [0, 0.05) is 31.0 Å². The summed E-state index contributed by atoms with van der Waals surface area (Å²) in [5.74, 6) is -0.109. The molecule has 1 heterocycles. The van der Waals surface area contributed by atoms with Crippen molar-refractivity contribution in [2.24, 2.45) is 0 Å². The first kappa shape index (κ1) is 14.4. The van der Waals surface area contributed by atoms with Gasteiger partial charge >= 0.3 is 0 Å². The maximum Gasteiger partial charge on any atom is 0.254 e. The summed E-state index contributed by atoms with van der Waals surface area (Å²) in [6, 6.07) is 5.26. The summed E-state index contributed by atoms with van der Waals surface area (Å²) < 4.78 is 0. The first-order chi connectivity index (χ1) is 9.40. The number of rotatable bonds is 4. The van der Waals surface area contributed by atoms with Crippen molar-refractivity contribution in [2.75, 3.05) is 13.1 Å². The lowest BCUT2D eigenvalue weighted by atomic mass is 10.1. The number of aromatic nitrogens is 2. The van der Waals surface area contributed by atoms with Gasteiger partial charge in [-0.05, 0) is 39.0 Å². The standard InChI is InChI=1S/C15H19N3O2/c1-4-18(10-15(2,3)20)14(19)11-5-6-12-13(9-11)17-8-7-16-12/h5-9,20H,4,10H2,1-3H3. The number of fused-ring (bicyclic) bond motifs is 1. The maximum absolute atomic E-state index is 12.5. The largest absolute Gasteiger partial charge is 0.389 e. The smallest absolute Gasteiger partial charge is 0.254 e. The van der Waals surface area contributed by atoms with Crippen LogP contribution in [-0.2, 0) is 0 Å². The molecule has 5 heteroatoms. The van der Waals surface area contributed by atoms with E-state index in [0.717, 1.165) is 5.52 Å².